The largest absolute Gasteiger partial charge is 0.0642 e. The van der Waals surface area contributed by atoms with Gasteiger partial charge in [0.05, 0.1) is 0 Å². The van der Waals surface area contributed by atoms with Crippen LogP contribution in [0.3, 0.4) is 0 Å². The van der Waals surface area contributed by atoms with E-state index in [2.05, 4.69) is 126 Å². The van der Waals surface area contributed by atoms with E-state index in [4.69, 9.17) is 0 Å². The molecule has 0 heteroatoms. The fourth-order valence-corrected chi connectivity index (χ4v) is 7.24. The number of rotatable bonds is 6. The summed E-state index contributed by atoms with van der Waals surface area (Å²) in [5, 5.41) is 0. The molecular formula is C39H40. The molecule has 4 aromatic carbocycles. The van der Waals surface area contributed by atoms with Crippen molar-refractivity contribution in [3.8, 4) is 22.3 Å². The van der Waals surface area contributed by atoms with E-state index in [1.54, 1.807) is 11.1 Å². The Morgan fingerprint density at radius 2 is 0.974 bits per heavy atom. The molecule has 0 saturated carbocycles. The van der Waals surface area contributed by atoms with Crippen molar-refractivity contribution in [3.05, 3.63) is 128 Å². The molecule has 0 atom stereocenters. The standard InChI is InChI=1S/C39H40/c1-7-39(8-2,31-21-29-11-9-13-33(37(29)23-31)35-19-25(3)15-17-27(35)5)32-22-30-12-10-14-34(38(30)24-32)36-20-26(4)16-18-28(36)6/h9-20,23-24H,7-8,21-22H2,1-6H3. The van der Waals surface area contributed by atoms with Gasteiger partial charge in [0.1, 0.15) is 0 Å². The molecule has 0 amide bonds. The smallest absolute Gasteiger partial charge is 0.0129 e. The predicted molar refractivity (Wildman–Crippen MR) is 169 cm³/mol. The zero-order valence-electron chi connectivity index (χ0n) is 24.4. The predicted octanol–water partition coefficient (Wildman–Crippen LogP) is 10.6. The monoisotopic (exact) mass is 508 g/mol. The van der Waals surface area contributed by atoms with Crippen molar-refractivity contribution in [3.63, 3.8) is 0 Å². The van der Waals surface area contributed by atoms with Gasteiger partial charge >= 0.3 is 0 Å². The number of hydrogen-bond acceptors (Lipinski definition) is 0. The Labute approximate surface area is 235 Å². The first-order valence-electron chi connectivity index (χ1n) is 14.7. The number of fused-ring (bicyclic) bond motifs is 2. The molecule has 0 heterocycles. The van der Waals surface area contributed by atoms with Gasteiger partial charge in [-0.05, 0) is 109 Å². The van der Waals surface area contributed by atoms with Gasteiger partial charge < -0.3 is 0 Å². The topological polar surface area (TPSA) is 0 Å². The van der Waals surface area contributed by atoms with Gasteiger partial charge in [0.15, 0.2) is 0 Å². The third-order valence-electron chi connectivity index (χ3n) is 9.59. The first kappa shape index (κ1) is 25.6. The molecule has 2 aliphatic rings. The maximum absolute atomic E-state index is 2.56. The van der Waals surface area contributed by atoms with E-state index in [0.717, 1.165) is 25.7 Å². The average molecular weight is 509 g/mol. The summed E-state index contributed by atoms with van der Waals surface area (Å²) in [6.45, 7) is 13.7. The van der Waals surface area contributed by atoms with Crippen LogP contribution in [0.4, 0.5) is 0 Å². The van der Waals surface area contributed by atoms with Crippen molar-refractivity contribution in [2.75, 3.05) is 0 Å². The highest BCUT2D eigenvalue weighted by atomic mass is 14.4. The summed E-state index contributed by atoms with van der Waals surface area (Å²) < 4.78 is 0. The van der Waals surface area contributed by atoms with Gasteiger partial charge in [0.25, 0.3) is 0 Å². The van der Waals surface area contributed by atoms with Crippen LogP contribution in [0.25, 0.3) is 34.4 Å². The first-order valence-corrected chi connectivity index (χ1v) is 14.7. The minimum Gasteiger partial charge on any atom is -0.0642 e. The van der Waals surface area contributed by atoms with Crippen molar-refractivity contribution in [1.29, 1.82) is 0 Å². The lowest BCUT2D eigenvalue weighted by Crippen LogP contribution is -2.25. The lowest BCUT2D eigenvalue weighted by molar-refractivity contribution is 0.390. The van der Waals surface area contributed by atoms with Crippen molar-refractivity contribution in [2.45, 2.75) is 67.2 Å². The normalized spacial score (nSPS) is 14.2. The summed E-state index contributed by atoms with van der Waals surface area (Å²) in [6, 6.07) is 27.5. The van der Waals surface area contributed by atoms with E-state index in [1.807, 2.05) is 0 Å². The number of hydrogen-bond donors (Lipinski definition) is 0. The van der Waals surface area contributed by atoms with Crippen LogP contribution < -0.4 is 0 Å². The summed E-state index contributed by atoms with van der Waals surface area (Å²) in [6.07, 6.45) is 9.48. The van der Waals surface area contributed by atoms with E-state index in [0.29, 0.717) is 0 Å². The van der Waals surface area contributed by atoms with Gasteiger partial charge in [-0.2, -0.15) is 0 Å². The Kier molecular flexibility index (Phi) is 6.46. The minimum atomic E-state index is 0.0792. The number of benzene rings is 4. The fraction of sp³-hybridized carbons (Fsp3) is 0.282. The Morgan fingerprint density at radius 3 is 1.38 bits per heavy atom. The molecule has 0 saturated heterocycles. The highest BCUT2D eigenvalue weighted by Crippen LogP contribution is 2.52. The van der Waals surface area contributed by atoms with Crippen LogP contribution >= 0.6 is 0 Å². The number of allylic oxidation sites excluding steroid dienone is 2. The van der Waals surface area contributed by atoms with E-state index in [9.17, 15) is 0 Å². The lowest BCUT2D eigenvalue weighted by atomic mass is 9.68. The molecule has 0 aromatic heterocycles. The zero-order chi connectivity index (χ0) is 27.3. The van der Waals surface area contributed by atoms with Gasteiger partial charge in [0.2, 0.25) is 0 Å². The summed E-state index contributed by atoms with van der Waals surface area (Å²) in [5.41, 5.74) is 19.9. The van der Waals surface area contributed by atoms with Crippen LogP contribution in [-0.2, 0) is 12.8 Å². The lowest BCUT2D eigenvalue weighted by Gasteiger charge is -2.35. The minimum absolute atomic E-state index is 0.0792. The quantitative estimate of drug-likeness (QED) is 0.243. The van der Waals surface area contributed by atoms with Crippen LogP contribution in [0.2, 0.25) is 0 Å². The molecule has 0 unspecified atom stereocenters. The molecule has 39 heavy (non-hydrogen) atoms. The summed E-state index contributed by atoms with van der Waals surface area (Å²) in [5.74, 6) is 0. The number of aryl methyl sites for hydroxylation is 4. The van der Waals surface area contributed by atoms with Gasteiger partial charge in [-0.25, -0.2) is 0 Å². The van der Waals surface area contributed by atoms with Crippen LogP contribution in [0.15, 0.2) is 83.9 Å². The fourth-order valence-electron chi connectivity index (χ4n) is 7.24. The second-order valence-electron chi connectivity index (χ2n) is 11.9. The Balaban J connectivity index is 1.45. The molecule has 0 radical (unpaired) electrons. The molecule has 0 N–H and O–H groups in total. The van der Waals surface area contributed by atoms with Crippen LogP contribution in [-0.4, -0.2) is 0 Å². The van der Waals surface area contributed by atoms with E-state index < -0.39 is 0 Å². The second kappa shape index (κ2) is 9.83. The second-order valence-corrected chi connectivity index (χ2v) is 11.9. The van der Waals surface area contributed by atoms with Gasteiger partial charge in [-0.1, -0.05) is 121 Å². The van der Waals surface area contributed by atoms with Crippen LogP contribution in [0, 0.1) is 33.1 Å². The Bertz CT molecular complexity index is 1530. The molecule has 0 aliphatic heterocycles. The molecule has 0 fully saturated rings. The zero-order valence-corrected chi connectivity index (χ0v) is 24.4. The highest BCUT2D eigenvalue weighted by Gasteiger charge is 2.39. The summed E-state index contributed by atoms with van der Waals surface area (Å²) in [7, 11) is 0. The third kappa shape index (κ3) is 4.22. The maximum Gasteiger partial charge on any atom is 0.0129 e. The molecule has 196 valence electrons. The van der Waals surface area contributed by atoms with Crippen molar-refractivity contribution in [2.24, 2.45) is 5.41 Å². The molecule has 6 rings (SSSR count). The van der Waals surface area contributed by atoms with Gasteiger partial charge in [-0.3, -0.25) is 0 Å². The van der Waals surface area contributed by atoms with Crippen LogP contribution in [0.5, 0.6) is 0 Å². The molecular weight excluding hydrogens is 468 g/mol. The summed E-state index contributed by atoms with van der Waals surface area (Å²) in [4.78, 5) is 0. The molecule has 0 bridgehead atoms. The third-order valence-corrected chi connectivity index (χ3v) is 9.59. The van der Waals surface area contributed by atoms with Crippen molar-refractivity contribution < 1.29 is 0 Å². The van der Waals surface area contributed by atoms with E-state index >= 15 is 0 Å². The Hall–Kier alpha value is -3.64. The Morgan fingerprint density at radius 1 is 0.538 bits per heavy atom. The summed E-state index contributed by atoms with van der Waals surface area (Å²) >= 11 is 0. The average Bonchev–Trinajstić information content (AvgIpc) is 3.58. The molecule has 0 nitrogen and oxygen atoms in total. The molecule has 0 spiro atoms. The maximum atomic E-state index is 2.56. The van der Waals surface area contributed by atoms with Crippen molar-refractivity contribution >= 4 is 12.2 Å². The van der Waals surface area contributed by atoms with Crippen molar-refractivity contribution in [1.82, 2.24) is 0 Å². The molecule has 2 aliphatic carbocycles. The van der Waals surface area contributed by atoms with E-state index in [-0.39, 0.29) is 5.41 Å². The van der Waals surface area contributed by atoms with Gasteiger partial charge in [0, 0.05) is 5.41 Å². The first-order chi connectivity index (χ1) is 18.8. The molecule has 4 aromatic rings. The highest BCUT2D eigenvalue weighted by molar-refractivity contribution is 5.86. The van der Waals surface area contributed by atoms with Crippen LogP contribution in [0.1, 0.15) is 71.2 Å². The van der Waals surface area contributed by atoms with E-state index in [1.165, 1.54) is 66.8 Å². The SMILES string of the molecule is CCC(CC)(C1=Cc2c(cccc2-c2cc(C)ccc2C)C1)C1=Cc2c(cccc2-c2cc(C)ccc2C)C1. The van der Waals surface area contributed by atoms with Gasteiger partial charge in [-0.15, -0.1) is 0 Å².